The van der Waals surface area contributed by atoms with E-state index in [4.69, 9.17) is 4.74 Å². The van der Waals surface area contributed by atoms with E-state index in [-0.39, 0.29) is 12.0 Å². The van der Waals surface area contributed by atoms with E-state index in [2.05, 4.69) is 33.1 Å². The maximum Gasteiger partial charge on any atom is 0.124 e. The van der Waals surface area contributed by atoms with Crippen molar-refractivity contribution in [2.24, 2.45) is 5.92 Å². The third kappa shape index (κ3) is 4.22. The number of ether oxygens (including phenoxy) is 1. The molecular formula is C21H27N3O2. The molecule has 26 heavy (non-hydrogen) atoms. The van der Waals surface area contributed by atoms with Crippen LogP contribution in [0.15, 0.2) is 42.9 Å². The molecule has 1 aliphatic carbocycles. The Bertz CT molecular complexity index is 703. The van der Waals surface area contributed by atoms with Crippen LogP contribution in [0.3, 0.4) is 0 Å². The maximum absolute atomic E-state index is 10.5. The third-order valence-corrected chi connectivity index (χ3v) is 5.53. The summed E-state index contributed by atoms with van der Waals surface area (Å²) in [5.41, 5.74) is 2.16. The van der Waals surface area contributed by atoms with E-state index >= 15 is 0 Å². The summed E-state index contributed by atoms with van der Waals surface area (Å²) in [6, 6.07) is 8.34. The van der Waals surface area contributed by atoms with Crippen molar-refractivity contribution in [1.82, 2.24) is 14.9 Å². The number of rotatable bonds is 6. The first-order valence-corrected chi connectivity index (χ1v) is 9.68. The fraction of sp³-hybridized carbons (Fsp3) is 0.524. The lowest BCUT2D eigenvalue weighted by molar-refractivity contribution is 0.140. The van der Waals surface area contributed by atoms with Gasteiger partial charge in [0.05, 0.1) is 17.9 Å². The Morgan fingerprint density at radius 1 is 1.12 bits per heavy atom. The largest absolute Gasteiger partial charge is 0.490 e. The van der Waals surface area contributed by atoms with Gasteiger partial charge in [0, 0.05) is 49.7 Å². The fourth-order valence-electron chi connectivity index (χ4n) is 4.15. The average Bonchev–Trinajstić information content (AvgIpc) is 3.28. The maximum atomic E-state index is 10.5. The summed E-state index contributed by atoms with van der Waals surface area (Å²) >= 11 is 0. The van der Waals surface area contributed by atoms with Gasteiger partial charge in [-0.1, -0.05) is 18.2 Å². The highest BCUT2D eigenvalue weighted by molar-refractivity contribution is 5.33. The second kappa shape index (κ2) is 8.14. The van der Waals surface area contributed by atoms with Gasteiger partial charge in [0.15, 0.2) is 0 Å². The Morgan fingerprint density at radius 2 is 1.96 bits per heavy atom. The van der Waals surface area contributed by atoms with Gasteiger partial charge in [-0.25, -0.2) is 0 Å². The first kappa shape index (κ1) is 17.4. The van der Waals surface area contributed by atoms with Crippen LogP contribution in [0.4, 0.5) is 0 Å². The van der Waals surface area contributed by atoms with Crippen molar-refractivity contribution in [1.29, 1.82) is 0 Å². The molecule has 1 aliphatic heterocycles. The highest BCUT2D eigenvalue weighted by Gasteiger charge is 2.32. The van der Waals surface area contributed by atoms with E-state index < -0.39 is 0 Å². The smallest absolute Gasteiger partial charge is 0.124 e. The van der Waals surface area contributed by atoms with Crippen LogP contribution >= 0.6 is 0 Å². The van der Waals surface area contributed by atoms with Gasteiger partial charge in [0.2, 0.25) is 0 Å². The van der Waals surface area contributed by atoms with E-state index in [1.807, 2.05) is 6.07 Å². The summed E-state index contributed by atoms with van der Waals surface area (Å²) in [6.45, 7) is 2.38. The lowest BCUT2D eigenvalue weighted by atomic mass is 10.0. The molecule has 2 atom stereocenters. The molecule has 5 nitrogen and oxygen atoms in total. The van der Waals surface area contributed by atoms with E-state index in [0.717, 1.165) is 43.8 Å². The zero-order chi connectivity index (χ0) is 17.8. The molecule has 1 aromatic heterocycles. The van der Waals surface area contributed by atoms with E-state index in [1.54, 1.807) is 18.6 Å². The normalized spacial score (nSPS) is 24.2. The number of likely N-dealkylation sites (tertiary alicyclic amines) is 1. The van der Waals surface area contributed by atoms with Crippen molar-refractivity contribution in [2.75, 3.05) is 13.1 Å². The average molecular weight is 353 g/mol. The van der Waals surface area contributed by atoms with Crippen molar-refractivity contribution in [2.45, 2.75) is 50.9 Å². The van der Waals surface area contributed by atoms with Gasteiger partial charge in [-0.2, -0.15) is 0 Å². The minimum Gasteiger partial charge on any atom is -0.490 e. The van der Waals surface area contributed by atoms with Gasteiger partial charge in [-0.3, -0.25) is 14.9 Å². The summed E-state index contributed by atoms with van der Waals surface area (Å²) in [7, 11) is 0. The highest BCUT2D eigenvalue weighted by Crippen LogP contribution is 2.29. The Morgan fingerprint density at radius 3 is 2.77 bits per heavy atom. The molecule has 0 spiro atoms. The number of hydrogen-bond donors (Lipinski definition) is 1. The minimum absolute atomic E-state index is 0.203. The summed E-state index contributed by atoms with van der Waals surface area (Å²) in [5, 5.41) is 10.5. The Labute approximate surface area is 155 Å². The number of β-amino-alcohol motifs (C(OH)–C–C–N with tert-alkyl or cyclic N) is 1. The van der Waals surface area contributed by atoms with Gasteiger partial charge in [0.25, 0.3) is 0 Å². The molecule has 0 bridgehead atoms. The molecule has 138 valence electrons. The van der Waals surface area contributed by atoms with Crippen LogP contribution in [0.25, 0.3) is 0 Å². The topological polar surface area (TPSA) is 58.5 Å². The van der Waals surface area contributed by atoms with Crippen LogP contribution in [0.5, 0.6) is 5.75 Å². The first-order valence-electron chi connectivity index (χ1n) is 9.68. The molecule has 0 unspecified atom stereocenters. The van der Waals surface area contributed by atoms with Crippen LogP contribution in [-0.2, 0) is 13.0 Å². The van der Waals surface area contributed by atoms with Crippen LogP contribution in [-0.4, -0.2) is 45.3 Å². The molecule has 2 heterocycles. The molecule has 4 rings (SSSR count). The molecule has 0 radical (unpaired) electrons. The first-order chi connectivity index (χ1) is 12.8. The van der Waals surface area contributed by atoms with Gasteiger partial charge >= 0.3 is 0 Å². The molecule has 2 aromatic rings. The summed E-state index contributed by atoms with van der Waals surface area (Å²) in [4.78, 5) is 10.8. The second-order valence-electron chi connectivity index (χ2n) is 7.55. The number of benzene rings is 1. The minimum atomic E-state index is -0.320. The Balaban J connectivity index is 1.38. The Kier molecular flexibility index (Phi) is 5.46. The number of aliphatic hydroxyl groups is 1. The fourth-order valence-corrected chi connectivity index (χ4v) is 4.15. The molecule has 0 amide bonds. The summed E-state index contributed by atoms with van der Waals surface area (Å²) < 4.78 is 6.26. The van der Waals surface area contributed by atoms with Gasteiger partial charge in [-0.05, 0) is 38.2 Å². The molecular weight excluding hydrogens is 326 g/mol. The van der Waals surface area contributed by atoms with Gasteiger partial charge in [0.1, 0.15) is 5.75 Å². The SMILES string of the molecule is O[C@@H]1CN(Cc2ccccc2OC2CCCC2)C[C@H]1Cc1cnccn1. The Hall–Kier alpha value is -1.98. The molecule has 1 N–H and O–H groups in total. The summed E-state index contributed by atoms with van der Waals surface area (Å²) in [6.07, 6.45) is 10.9. The molecule has 2 fully saturated rings. The number of hydrogen-bond acceptors (Lipinski definition) is 5. The lowest BCUT2D eigenvalue weighted by Crippen LogP contribution is -2.22. The van der Waals surface area contributed by atoms with E-state index in [9.17, 15) is 5.11 Å². The van der Waals surface area contributed by atoms with Crippen molar-refractivity contribution in [3.8, 4) is 5.75 Å². The van der Waals surface area contributed by atoms with Gasteiger partial charge < -0.3 is 9.84 Å². The van der Waals surface area contributed by atoms with Crippen LogP contribution in [0.1, 0.15) is 36.9 Å². The highest BCUT2D eigenvalue weighted by atomic mass is 16.5. The predicted molar refractivity (Wildman–Crippen MR) is 99.8 cm³/mol. The zero-order valence-electron chi connectivity index (χ0n) is 15.1. The van der Waals surface area contributed by atoms with Crippen molar-refractivity contribution in [3.05, 3.63) is 54.1 Å². The standard InChI is InChI=1S/C21H27N3O2/c25-20-15-24(14-17(20)11-18-12-22-9-10-23-18)13-16-5-1-4-8-21(16)26-19-6-2-3-7-19/h1,4-5,8-10,12,17,19-20,25H,2-3,6-7,11,13-15H2/t17-,20-/m1/s1. The second-order valence-corrected chi connectivity index (χ2v) is 7.55. The summed E-state index contributed by atoms with van der Waals surface area (Å²) in [5.74, 6) is 1.21. The molecule has 1 saturated heterocycles. The lowest BCUT2D eigenvalue weighted by Gasteiger charge is -2.20. The van der Waals surface area contributed by atoms with E-state index in [0.29, 0.717) is 12.6 Å². The van der Waals surface area contributed by atoms with Crippen molar-refractivity contribution in [3.63, 3.8) is 0 Å². The van der Waals surface area contributed by atoms with Gasteiger partial charge in [-0.15, -0.1) is 0 Å². The molecule has 5 heteroatoms. The number of aromatic nitrogens is 2. The quantitative estimate of drug-likeness (QED) is 0.865. The van der Waals surface area contributed by atoms with Crippen LogP contribution in [0, 0.1) is 5.92 Å². The molecule has 2 aliphatic rings. The van der Waals surface area contributed by atoms with Crippen molar-refractivity contribution >= 4 is 0 Å². The van der Waals surface area contributed by atoms with Crippen LogP contribution < -0.4 is 4.74 Å². The number of nitrogens with zero attached hydrogens (tertiary/aromatic N) is 3. The number of para-hydroxylation sites is 1. The van der Waals surface area contributed by atoms with Crippen LogP contribution in [0.2, 0.25) is 0 Å². The number of aliphatic hydroxyl groups excluding tert-OH is 1. The zero-order valence-corrected chi connectivity index (χ0v) is 15.1. The monoisotopic (exact) mass is 353 g/mol. The molecule has 1 aromatic carbocycles. The third-order valence-electron chi connectivity index (χ3n) is 5.53. The van der Waals surface area contributed by atoms with Crippen molar-refractivity contribution < 1.29 is 9.84 Å². The predicted octanol–water partition coefficient (Wildman–Crippen LogP) is 2.83. The molecule has 1 saturated carbocycles. The van der Waals surface area contributed by atoms with E-state index in [1.165, 1.54) is 18.4 Å².